The third kappa shape index (κ3) is 3.40. The SMILES string of the molecule is CCOC(CC)C(N)Cc1ccsc1. The van der Waals surface area contributed by atoms with E-state index in [4.69, 9.17) is 10.5 Å². The summed E-state index contributed by atoms with van der Waals surface area (Å²) in [6.07, 6.45) is 2.10. The predicted octanol–water partition coefficient (Wildman–Crippen LogP) is 2.43. The van der Waals surface area contributed by atoms with E-state index in [2.05, 4.69) is 23.8 Å². The van der Waals surface area contributed by atoms with Gasteiger partial charge in [0.05, 0.1) is 6.10 Å². The first-order chi connectivity index (χ1) is 6.77. The van der Waals surface area contributed by atoms with Crippen molar-refractivity contribution in [1.29, 1.82) is 0 Å². The standard InChI is InChI=1S/C11H19NOS/c1-3-11(13-4-2)10(12)7-9-5-6-14-8-9/h5-6,8,10-11H,3-4,7,12H2,1-2H3. The van der Waals surface area contributed by atoms with E-state index in [-0.39, 0.29) is 12.1 Å². The average Bonchev–Trinajstić information content (AvgIpc) is 2.66. The second-order valence-corrected chi connectivity index (χ2v) is 4.18. The highest BCUT2D eigenvalue weighted by Crippen LogP contribution is 2.12. The zero-order valence-electron chi connectivity index (χ0n) is 8.90. The lowest BCUT2D eigenvalue weighted by Gasteiger charge is -2.22. The van der Waals surface area contributed by atoms with Crippen LogP contribution in [0.15, 0.2) is 16.8 Å². The zero-order chi connectivity index (χ0) is 10.4. The van der Waals surface area contributed by atoms with Crippen LogP contribution in [-0.4, -0.2) is 18.8 Å². The molecule has 0 saturated heterocycles. The summed E-state index contributed by atoms with van der Waals surface area (Å²) in [5.41, 5.74) is 7.41. The molecule has 0 spiro atoms. The highest BCUT2D eigenvalue weighted by Gasteiger charge is 2.16. The number of thiophene rings is 1. The molecule has 0 aliphatic rings. The second-order valence-electron chi connectivity index (χ2n) is 3.40. The first kappa shape index (κ1) is 11.7. The third-order valence-corrected chi connectivity index (χ3v) is 3.04. The van der Waals surface area contributed by atoms with Crippen LogP contribution in [-0.2, 0) is 11.2 Å². The molecule has 0 radical (unpaired) electrons. The van der Waals surface area contributed by atoms with Crippen LogP contribution in [0, 0.1) is 0 Å². The van der Waals surface area contributed by atoms with Gasteiger partial charge in [-0.1, -0.05) is 6.92 Å². The molecule has 0 aliphatic heterocycles. The summed E-state index contributed by atoms with van der Waals surface area (Å²) in [6.45, 7) is 4.88. The van der Waals surface area contributed by atoms with Gasteiger partial charge in [-0.25, -0.2) is 0 Å². The van der Waals surface area contributed by atoms with Crippen LogP contribution < -0.4 is 5.73 Å². The number of hydrogen-bond donors (Lipinski definition) is 1. The van der Waals surface area contributed by atoms with Crippen molar-refractivity contribution >= 4 is 11.3 Å². The van der Waals surface area contributed by atoms with Crippen molar-refractivity contribution in [3.05, 3.63) is 22.4 Å². The van der Waals surface area contributed by atoms with Crippen molar-refractivity contribution in [2.45, 2.75) is 38.8 Å². The molecule has 1 rings (SSSR count). The van der Waals surface area contributed by atoms with Crippen LogP contribution in [0.3, 0.4) is 0 Å². The molecule has 0 bridgehead atoms. The largest absolute Gasteiger partial charge is 0.377 e. The number of ether oxygens (including phenoxy) is 1. The summed E-state index contributed by atoms with van der Waals surface area (Å²) < 4.78 is 5.58. The number of hydrogen-bond acceptors (Lipinski definition) is 3. The fourth-order valence-corrected chi connectivity index (χ4v) is 2.25. The molecule has 80 valence electrons. The van der Waals surface area contributed by atoms with E-state index in [1.165, 1.54) is 5.56 Å². The summed E-state index contributed by atoms with van der Waals surface area (Å²) in [6, 6.07) is 2.25. The fourth-order valence-electron chi connectivity index (χ4n) is 1.57. The molecule has 2 atom stereocenters. The molecular formula is C11H19NOS. The zero-order valence-corrected chi connectivity index (χ0v) is 9.72. The van der Waals surface area contributed by atoms with Gasteiger partial charge in [0, 0.05) is 12.6 Å². The molecule has 1 aromatic rings. The minimum Gasteiger partial charge on any atom is -0.377 e. The lowest BCUT2D eigenvalue weighted by atomic mass is 10.0. The summed E-state index contributed by atoms with van der Waals surface area (Å²) >= 11 is 1.72. The van der Waals surface area contributed by atoms with Crippen LogP contribution in [0.1, 0.15) is 25.8 Å². The summed E-state index contributed by atoms with van der Waals surface area (Å²) in [4.78, 5) is 0. The fraction of sp³-hybridized carbons (Fsp3) is 0.636. The van der Waals surface area contributed by atoms with E-state index in [9.17, 15) is 0 Å². The van der Waals surface area contributed by atoms with Gasteiger partial charge in [0.1, 0.15) is 0 Å². The molecule has 0 aromatic carbocycles. The molecule has 3 heteroatoms. The van der Waals surface area contributed by atoms with Crippen molar-refractivity contribution in [3.63, 3.8) is 0 Å². The van der Waals surface area contributed by atoms with Crippen molar-refractivity contribution in [2.24, 2.45) is 5.73 Å². The Hall–Kier alpha value is -0.380. The normalized spacial score (nSPS) is 15.4. The van der Waals surface area contributed by atoms with E-state index in [1.807, 2.05) is 6.92 Å². The second kappa shape index (κ2) is 6.17. The molecular weight excluding hydrogens is 194 g/mol. The molecule has 14 heavy (non-hydrogen) atoms. The Kier molecular flexibility index (Phi) is 5.15. The lowest BCUT2D eigenvalue weighted by Crippen LogP contribution is -2.38. The Labute approximate surface area is 90.1 Å². The van der Waals surface area contributed by atoms with Crippen molar-refractivity contribution in [3.8, 4) is 0 Å². The first-order valence-electron chi connectivity index (χ1n) is 5.16. The highest BCUT2D eigenvalue weighted by molar-refractivity contribution is 7.07. The summed E-state index contributed by atoms with van der Waals surface area (Å²) in [5, 5.41) is 4.24. The Morgan fingerprint density at radius 3 is 2.79 bits per heavy atom. The Bertz CT molecular complexity index is 235. The molecule has 1 heterocycles. The Morgan fingerprint density at radius 1 is 1.50 bits per heavy atom. The van der Waals surface area contributed by atoms with Gasteiger partial charge in [0.25, 0.3) is 0 Å². The first-order valence-corrected chi connectivity index (χ1v) is 6.10. The van der Waals surface area contributed by atoms with Gasteiger partial charge in [-0.15, -0.1) is 0 Å². The Morgan fingerprint density at radius 2 is 2.29 bits per heavy atom. The minimum atomic E-state index is 0.120. The molecule has 2 nitrogen and oxygen atoms in total. The quantitative estimate of drug-likeness (QED) is 0.787. The van der Waals surface area contributed by atoms with Gasteiger partial charge in [-0.05, 0) is 42.2 Å². The maximum Gasteiger partial charge on any atom is 0.0726 e. The minimum absolute atomic E-state index is 0.120. The third-order valence-electron chi connectivity index (χ3n) is 2.31. The molecule has 0 amide bonds. The summed E-state index contributed by atoms with van der Waals surface area (Å²) in [5.74, 6) is 0. The van der Waals surface area contributed by atoms with E-state index >= 15 is 0 Å². The van der Waals surface area contributed by atoms with Gasteiger partial charge in [-0.2, -0.15) is 11.3 Å². The average molecular weight is 213 g/mol. The van der Waals surface area contributed by atoms with E-state index in [0.717, 1.165) is 19.4 Å². The van der Waals surface area contributed by atoms with Crippen LogP contribution >= 0.6 is 11.3 Å². The monoisotopic (exact) mass is 213 g/mol. The maximum atomic E-state index is 6.09. The molecule has 1 aromatic heterocycles. The van der Waals surface area contributed by atoms with E-state index in [1.54, 1.807) is 11.3 Å². The molecule has 0 saturated carbocycles. The molecule has 2 N–H and O–H groups in total. The predicted molar refractivity (Wildman–Crippen MR) is 61.7 cm³/mol. The van der Waals surface area contributed by atoms with Gasteiger partial charge in [0.15, 0.2) is 0 Å². The molecule has 0 aliphatic carbocycles. The van der Waals surface area contributed by atoms with Gasteiger partial charge in [0.2, 0.25) is 0 Å². The van der Waals surface area contributed by atoms with Crippen molar-refractivity contribution in [2.75, 3.05) is 6.61 Å². The number of rotatable bonds is 6. The lowest BCUT2D eigenvalue weighted by molar-refractivity contribution is 0.0417. The van der Waals surface area contributed by atoms with Crippen LogP contribution in [0.5, 0.6) is 0 Å². The van der Waals surface area contributed by atoms with Crippen LogP contribution in [0.4, 0.5) is 0 Å². The number of nitrogens with two attached hydrogens (primary N) is 1. The Balaban J connectivity index is 2.43. The van der Waals surface area contributed by atoms with E-state index < -0.39 is 0 Å². The maximum absolute atomic E-state index is 6.09. The van der Waals surface area contributed by atoms with Gasteiger partial charge >= 0.3 is 0 Å². The molecule has 2 unspecified atom stereocenters. The summed E-state index contributed by atoms with van der Waals surface area (Å²) in [7, 11) is 0. The van der Waals surface area contributed by atoms with Gasteiger partial charge < -0.3 is 10.5 Å². The van der Waals surface area contributed by atoms with Gasteiger partial charge in [-0.3, -0.25) is 0 Å². The highest BCUT2D eigenvalue weighted by atomic mass is 32.1. The smallest absolute Gasteiger partial charge is 0.0726 e. The van der Waals surface area contributed by atoms with Crippen molar-refractivity contribution in [1.82, 2.24) is 0 Å². The van der Waals surface area contributed by atoms with Crippen molar-refractivity contribution < 1.29 is 4.74 Å². The topological polar surface area (TPSA) is 35.2 Å². The molecule has 0 fully saturated rings. The van der Waals surface area contributed by atoms with E-state index in [0.29, 0.717) is 0 Å². The van der Waals surface area contributed by atoms with Crippen LogP contribution in [0.2, 0.25) is 0 Å². The van der Waals surface area contributed by atoms with Crippen LogP contribution in [0.25, 0.3) is 0 Å².